The van der Waals surface area contributed by atoms with E-state index in [4.69, 9.17) is 16.3 Å². The first kappa shape index (κ1) is 25.9. The monoisotopic (exact) mass is 512 g/mol. The molecule has 1 heterocycles. The normalized spacial score (nSPS) is 11.7. The van der Waals surface area contributed by atoms with E-state index in [1.807, 2.05) is 25.1 Å². The number of aromatic nitrogens is 3. The molecule has 0 spiro atoms. The van der Waals surface area contributed by atoms with Gasteiger partial charge in [-0.25, -0.2) is 0 Å². The lowest BCUT2D eigenvalue weighted by Crippen LogP contribution is -2.16. The zero-order valence-electron chi connectivity index (χ0n) is 19.0. The molecule has 0 unspecified atom stereocenters. The first-order valence-corrected chi connectivity index (χ1v) is 11.7. The van der Waals surface area contributed by atoms with Crippen molar-refractivity contribution in [3.63, 3.8) is 0 Å². The SMILES string of the molecule is Cc1ccc(C(C)C)c(OCc2nnc(SCC(=O)Nc3cc(C(F)(F)F)ccc3Cl)n2C)c1. The molecule has 0 aliphatic heterocycles. The fourth-order valence-electron chi connectivity index (χ4n) is 3.10. The lowest BCUT2D eigenvalue weighted by Gasteiger charge is -2.14. The highest BCUT2D eigenvalue weighted by molar-refractivity contribution is 7.99. The summed E-state index contributed by atoms with van der Waals surface area (Å²) in [5, 5.41) is 11.1. The summed E-state index contributed by atoms with van der Waals surface area (Å²) in [4.78, 5) is 12.3. The number of aryl methyl sites for hydroxylation is 1. The summed E-state index contributed by atoms with van der Waals surface area (Å²) in [6.45, 7) is 6.36. The van der Waals surface area contributed by atoms with Gasteiger partial charge in [0, 0.05) is 7.05 Å². The molecule has 0 saturated heterocycles. The van der Waals surface area contributed by atoms with Gasteiger partial charge in [-0.3, -0.25) is 4.79 Å². The molecule has 11 heteroatoms. The predicted octanol–water partition coefficient (Wildman–Crippen LogP) is 6.23. The summed E-state index contributed by atoms with van der Waals surface area (Å²) in [7, 11) is 1.75. The number of alkyl halides is 3. The lowest BCUT2D eigenvalue weighted by atomic mass is 10.0. The van der Waals surface area contributed by atoms with Gasteiger partial charge in [0.15, 0.2) is 11.0 Å². The molecule has 1 N–H and O–H groups in total. The van der Waals surface area contributed by atoms with E-state index in [1.54, 1.807) is 11.6 Å². The number of anilines is 1. The van der Waals surface area contributed by atoms with Gasteiger partial charge in [0.2, 0.25) is 5.91 Å². The number of hydrogen-bond donors (Lipinski definition) is 1. The van der Waals surface area contributed by atoms with Gasteiger partial charge in [-0.2, -0.15) is 13.2 Å². The second-order valence-electron chi connectivity index (χ2n) is 7.97. The van der Waals surface area contributed by atoms with Gasteiger partial charge in [0.1, 0.15) is 12.4 Å². The van der Waals surface area contributed by atoms with Crippen LogP contribution in [0.1, 0.15) is 42.3 Å². The van der Waals surface area contributed by atoms with Crippen LogP contribution in [0.3, 0.4) is 0 Å². The minimum absolute atomic E-state index is 0.0151. The molecule has 182 valence electrons. The number of nitrogens with one attached hydrogen (secondary N) is 1. The number of amides is 1. The molecular weight excluding hydrogens is 489 g/mol. The fourth-order valence-corrected chi connectivity index (χ4v) is 3.99. The van der Waals surface area contributed by atoms with Crippen LogP contribution in [0, 0.1) is 6.92 Å². The number of nitrogens with zero attached hydrogens (tertiary/aromatic N) is 3. The predicted molar refractivity (Wildman–Crippen MR) is 126 cm³/mol. The van der Waals surface area contributed by atoms with Gasteiger partial charge >= 0.3 is 6.18 Å². The van der Waals surface area contributed by atoms with E-state index in [0.29, 0.717) is 16.9 Å². The average Bonchev–Trinajstić information content (AvgIpc) is 3.10. The molecule has 2 aromatic carbocycles. The summed E-state index contributed by atoms with van der Waals surface area (Å²) in [5.41, 5.74) is 1.17. The molecule has 3 rings (SSSR count). The van der Waals surface area contributed by atoms with E-state index < -0.39 is 17.6 Å². The number of hydrogen-bond acceptors (Lipinski definition) is 5. The van der Waals surface area contributed by atoms with Gasteiger partial charge in [-0.05, 0) is 48.2 Å². The summed E-state index contributed by atoms with van der Waals surface area (Å²) in [6, 6.07) is 8.82. The zero-order chi connectivity index (χ0) is 25.0. The maximum absolute atomic E-state index is 12.9. The average molecular weight is 513 g/mol. The molecule has 1 aromatic heterocycles. The Morgan fingerprint density at radius 3 is 2.62 bits per heavy atom. The maximum Gasteiger partial charge on any atom is 0.416 e. The standard InChI is InChI=1S/C23H24ClF3N4O2S/c1-13(2)16-7-5-14(3)9-19(16)33-11-20-29-30-22(31(20)4)34-12-21(32)28-18-10-15(23(25,26)27)6-8-17(18)24/h5-10,13H,11-12H2,1-4H3,(H,28,32). The van der Waals surface area contributed by atoms with Crippen LogP contribution in [0.5, 0.6) is 5.75 Å². The number of carbonyl (C=O) groups excluding carboxylic acids is 1. The molecule has 3 aromatic rings. The third-order valence-electron chi connectivity index (χ3n) is 4.97. The quantitative estimate of drug-likeness (QED) is 0.362. The Hall–Kier alpha value is -2.72. The zero-order valence-corrected chi connectivity index (χ0v) is 20.6. The number of ether oxygens (including phenoxy) is 1. The van der Waals surface area contributed by atoms with E-state index in [-0.39, 0.29) is 23.1 Å². The highest BCUT2D eigenvalue weighted by Gasteiger charge is 2.31. The van der Waals surface area contributed by atoms with Crippen molar-refractivity contribution in [3.05, 3.63) is 63.9 Å². The number of rotatable bonds is 8. The third-order valence-corrected chi connectivity index (χ3v) is 6.32. The van der Waals surface area contributed by atoms with Crippen LogP contribution >= 0.6 is 23.4 Å². The van der Waals surface area contributed by atoms with Crippen LogP contribution in [0.25, 0.3) is 0 Å². The summed E-state index contributed by atoms with van der Waals surface area (Å²) in [5.74, 6) is 1.04. The molecule has 0 atom stereocenters. The Bertz CT molecular complexity index is 1180. The minimum atomic E-state index is -4.54. The topological polar surface area (TPSA) is 69.0 Å². The molecule has 0 aliphatic carbocycles. The Morgan fingerprint density at radius 2 is 1.94 bits per heavy atom. The fraction of sp³-hybridized carbons (Fsp3) is 0.348. The van der Waals surface area contributed by atoms with Gasteiger partial charge in [0.05, 0.1) is 22.0 Å². The maximum atomic E-state index is 12.9. The number of halogens is 4. The van der Waals surface area contributed by atoms with Crippen molar-refractivity contribution in [2.24, 2.45) is 7.05 Å². The molecule has 0 saturated carbocycles. The van der Waals surface area contributed by atoms with Crippen LogP contribution in [-0.4, -0.2) is 26.4 Å². The molecule has 0 fully saturated rings. The molecule has 34 heavy (non-hydrogen) atoms. The third kappa shape index (κ3) is 6.44. The van der Waals surface area contributed by atoms with Gasteiger partial charge in [-0.15, -0.1) is 10.2 Å². The smallest absolute Gasteiger partial charge is 0.416 e. The van der Waals surface area contributed by atoms with Crippen molar-refractivity contribution in [2.45, 2.75) is 44.6 Å². The molecule has 6 nitrogen and oxygen atoms in total. The molecule has 0 radical (unpaired) electrons. The van der Waals surface area contributed by atoms with Crippen LogP contribution in [0.2, 0.25) is 5.02 Å². The first-order chi connectivity index (χ1) is 16.0. The van der Waals surface area contributed by atoms with E-state index in [2.05, 4.69) is 29.4 Å². The van der Waals surface area contributed by atoms with Crippen molar-refractivity contribution in [3.8, 4) is 5.75 Å². The first-order valence-electron chi connectivity index (χ1n) is 10.4. The summed E-state index contributed by atoms with van der Waals surface area (Å²) >= 11 is 7.03. The largest absolute Gasteiger partial charge is 0.485 e. The van der Waals surface area contributed by atoms with Gasteiger partial charge < -0.3 is 14.6 Å². The minimum Gasteiger partial charge on any atom is -0.485 e. The number of thioether (sulfide) groups is 1. The van der Waals surface area contributed by atoms with E-state index in [1.165, 1.54) is 0 Å². The Labute approximate surface area is 204 Å². The van der Waals surface area contributed by atoms with Crippen molar-refractivity contribution in [2.75, 3.05) is 11.1 Å². The van der Waals surface area contributed by atoms with Crippen molar-refractivity contribution < 1.29 is 22.7 Å². The van der Waals surface area contributed by atoms with Crippen LogP contribution < -0.4 is 10.1 Å². The Balaban J connectivity index is 1.61. The van der Waals surface area contributed by atoms with Crippen molar-refractivity contribution in [1.29, 1.82) is 0 Å². The lowest BCUT2D eigenvalue weighted by molar-refractivity contribution is -0.137. The number of carbonyl (C=O) groups is 1. The van der Waals surface area contributed by atoms with Gasteiger partial charge in [0.25, 0.3) is 0 Å². The van der Waals surface area contributed by atoms with Crippen molar-refractivity contribution in [1.82, 2.24) is 14.8 Å². The summed E-state index contributed by atoms with van der Waals surface area (Å²) in [6.07, 6.45) is -4.54. The van der Waals surface area contributed by atoms with Gasteiger partial charge in [-0.1, -0.05) is 49.3 Å². The van der Waals surface area contributed by atoms with E-state index in [9.17, 15) is 18.0 Å². The van der Waals surface area contributed by atoms with Crippen LogP contribution in [0.15, 0.2) is 41.6 Å². The van der Waals surface area contributed by atoms with Crippen molar-refractivity contribution >= 4 is 35.0 Å². The van der Waals surface area contributed by atoms with E-state index in [0.717, 1.165) is 46.8 Å². The Morgan fingerprint density at radius 1 is 1.21 bits per heavy atom. The Kier molecular flexibility index (Phi) is 8.14. The van der Waals surface area contributed by atoms with Crippen LogP contribution in [0.4, 0.5) is 18.9 Å². The number of benzene rings is 2. The molecule has 1 amide bonds. The highest BCUT2D eigenvalue weighted by Crippen LogP contribution is 2.34. The molecular formula is C23H24ClF3N4O2S. The molecule has 0 bridgehead atoms. The summed E-state index contributed by atoms with van der Waals surface area (Å²) < 4.78 is 46.5. The van der Waals surface area contributed by atoms with E-state index >= 15 is 0 Å². The molecule has 0 aliphatic rings. The highest BCUT2D eigenvalue weighted by atomic mass is 35.5. The second kappa shape index (κ2) is 10.7. The second-order valence-corrected chi connectivity index (χ2v) is 9.32. The van der Waals surface area contributed by atoms with Crippen LogP contribution in [-0.2, 0) is 24.6 Å².